The van der Waals surface area contributed by atoms with E-state index in [-0.39, 0.29) is 12.1 Å². The molecule has 3 nitrogen and oxygen atoms in total. The highest BCUT2D eigenvalue weighted by Gasteiger charge is 2.21. The fourth-order valence-corrected chi connectivity index (χ4v) is 2.96. The van der Waals surface area contributed by atoms with Crippen LogP contribution < -0.4 is 0 Å². The summed E-state index contributed by atoms with van der Waals surface area (Å²) in [6, 6.07) is 10.6. The Kier molecular flexibility index (Phi) is 3.66. The van der Waals surface area contributed by atoms with Crippen molar-refractivity contribution in [3.8, 4) is 0 Å². The van der Waals surface area contributed by atoms with E-state index in [4.69, 9.17) is 21.1 Å². The molecule has 0 bridgehead atoms. The van der Waals surface area contributed by atoms with Gasteiger partial charge in [0.2, 0.25) is 5.78 Å². The predicted octanol–water partition coefficient (Wildman–Crippen LogP) is 3.68. The zero-order valence-electron chi connectivity index (χ0n) is 9.97. The fourth-order valence-electron chi connectivity index (χ4n) is 1.87. The molecule has 5 heteroatoms. The number of hydrogen-bond acceptors (Lipinski definition) is 4. The molecule has 1 aliphatic heterocycles. The van der Waals surface area contributed by atoms with Gasteiger partial charge in [0.15, 0.2) is 6.29 Å². The van der Waals surface area contributed by atoms with Gasteiger partial charge < -0.3 is 9.47 Å². The molecule has 0 saturated carbocycles. The summed E-state index contributed by atoms with van der Waals surface area (Å²) in [7, 11) is 0. The van der Waals surface area contributed by atoms with Crippen LogP contribution in [0.4, 0.5) is 0 Å². The van der Waals surface area contributed by atoms with Crippen LogP contribution >= 0.6 is 22.9 Å². The smallest absolute Gasteiger partial charge is 0.202 e. The van der Waals surface area contributed by atoms with Gasteiger partial charge in [-0.15, -0.1) is 11.3 Å². The number of thiophene rings is 1. The van der Waals surface area contributed by atoms with E-state index in [1.54, 1.807) is 24.3 Å². The van der Waals surface area contributed by atoms with Crippen molar-refractivity contribution >= 4 is 28.7 Å². The molecule has 0 atom stereocenters. The third-order valence-corrected chi connectivity index (χ3v) is 4.17. The molecule has 1 aliphatic rings. The van der Waals surface area contributed by atoms with E-state index in [1.165, 1.54) is 11.3 Å². The van der Waals surface area contributed by atoms with E-state index in [2.05, 4.69) is 0 Å². The molecule has 98 valence electrons. The maximum absolute atomic E-state index is 12.3. The van der Waals surface area contributed by atoms with E-state index in [0.29, 0.717) is 28.7 Å². The molecule has 2 heterocycles. The third-order valence-electron chi connectivity index (χ3n) is 2.81. The van der Waals surface area contributed by atoms with Crippen molar-refractivity contribution in [3.63, 3.8) is 0 Å². The van der Waals surface area contributed by atoms with E-state index in [9.17, 15) is 4.79 Å². The normalized spacial score (nSPS) is 15.8. The van der Waals surface area contributed by atoms with Crippen LogP contribution in [-0.2, 0) is 9.47 Å². The zero-order chi connectivity index (χ0) is 13.2. The minimum Gasteiger partial charge on any atom is -0.345 e. The maximum Gasteiger partial charge on any atom is 0.202 e. The fraction of sp³-hybridized carbons (Fsp3) is 0.214. The van der Waals surface area contributed by atoms with Crippen LogP contribution in [0.3, 0.4) is 0 Å². The van der Waals surface area contributed by atoms with Crippen molar-refractivity contribution in [2.24, 2.45) is 0 Å². The van der Waals surface area contributed by atoms with Crippen LogP contribution in [0.25, 0.3) is 0 Å². The molecule has 0 radical (unpaired) electrons. The lowest BCUT2D eigenvalue weighted by molar-refractivity contribution is -0.0413. The molecule has 19 heavy (non-hydrogen) atoms. The first-order chi connectivity index (χ1) is 9.24. The first-order valence-corrected chi connectivity index (χ1v) is 7.07. The van der Waals surface area contributed by atoms with Crippen molar-refractivity contribution in [2.45, 2.75) is 6.29 Å². The molecule has 1 aromatic heterocycles. The molecule has 0 aliphatic carbocycles. The molecule has 0 unspecified atom stereocenters. The maximum atomic E-state index is 12.3. The van der Waals surface area contributed by atoms with Crippen molar-refractivity contribution in [3.05, 3.63) is 56.7 Å². The SMILES string of the molecule is O=C(c1ccc(Cl)cc1)c1ccc(C2OCCO2)s1. The van der Waals surface area contributed by atoms with Gasteiger partial charge in [-0.25, -0.2) is 0 Å². The van der Waals surface area contributed by atoms with Gasteiger partial charge in [-0.3, -0.25) is 4.79 Å². The number of carbonyl (C=O) groups is 1. The second kappa shape index (κ2) is 5.43. The van der Waals surface area contributed by atoms with E-state index >= 15 is 0 Å². The van der Waals surface area contributed by atoms with E-state index in [1.807, 2.05) is 12.1 Å². The minimum atomic E-state index is -0.322. The molecule has 1 fully saturated rings. The number of benzene rings is 1. The largest absolute Gasteiger partial charge is 0.345 e. The second-order valence-electron chi connectivity index (χ2n) is 4.11. The molecule has 0 spiro atoms. The standard InChI is InChI=1S/C14H11ClO3S/c15-10-3-1-9(2-4-10)13(16)11-5-6-12(19-11)14-17-7-8-18-14/h1-6,14H,7-8H2. The van der Waals surface area contributed by atoms with Gasteiger partial charge in [0, 0.05) is 10.6 Å². The lowest BCUT2D eigenvalue weighted by Gasteiger charge is -2.04. The Bertz CT molecular complexity index is 585. The molecule has 0 amide bonds. The van der Waals surface area contributed by atoms with Gasteiger partial charge in [-0.05, 0) is 36.4 Å². The molecular weight excluding hydrogens is 284 g/mol. The molecule has 1 aromatic carbocycles. The van der Waals surface area contributed by atoms with Crippen molar-refractivity contribution in [2.75, 3.05) is 13.2 Å². The van der Waals surface area contributed by atoms with Gasteiger partial charge in [-0.2, -0.15) is 0 Å². The van der Waals surface area contributed by atoms with E-state index < -0.39 is 0 Å². The quantitative estimate of drug-likeness (QED) is 0.810. The first-order valence-electron chi connectivity index (χ1n) is 5.87. The van der Waals surface area contributed by atoms with Gasteiger partial charge in [0.1, 0.15) is 0 Å². The minimum absolute atomic E-state index is 0.00841. The summed E-state index contributed by atoms with van der Waals surface area (Å²) in [4.78, 5) is 13.9. The van der Waals surface area contributed by atoms with Crippen molar-refractivity contribution in [1.82, 2.24) is 0 Å². The Labute approximate surface area is 119 Å². The summed E-state index contributed by atoms with van der Waals surface area (Å²) in [5.74, 6) is -0.00841. The molecule has 1 saturated heterocycles. The Hall–Kier alpha value is -1.20. The number of halogens is 1. The highest BCUT2D eigenvalue weighted by Crippen LogP contribution is 2.30. The number of ether oxygens (including phenoxy) is 2. The van der Waals surface area contributed by atoms with Crippen LogP contribution in [0.15, 0.2) is 36.4 Å². The predicted molar refractivity (Wildman–Crippen MR) is 73.8 cm³/mol. The first kappa shape index (κ1) is 12.8. The highest BCUT2D eigenvalue weighted by atomic mass is 35.5. The number of rotatable bonds is 3. The Morgan fingerprint density at radius 2 is 1.79 bits per heavy atom. The van der Waals surface area contributed by atoms with E-state index in [0.717, 1.165) is 4.88 Å². The summed E-state index contributed by atoms with van der Waals surface area (Å²) in [5.41, 5.74) is 0.631. The Morgan fingerprint density at radius 1 is 1.11 bits per heavy atom. The van der Waals surface area contributed by atoms with Crippen LogP contribution in [0.1, 0.15) is 26.4 Å². The lowest BCUT2D eigenvalue weighted by Crippen LogP contribution is -1.98. The van der Waals surface area contributed by atoms with Gasteiger partial charge in [0.25, 0.3) is 0 Å². The Balaban J connectivity index is 1.82. The monoisotopic (exact) mass is 294 g/mol. The molecule has 3 rings (SSSR count). The number of ketones is 1. The van der Waals surface area contributed by atoms with Crippen molar-refractivity contribution < 1.29 is 14.3 Å². The summed E-state index contributed by atoms with van der Waals surface area (Å²) in [6.45, 7) is 1.20. The van der Waals surface area contributed by atoms with Gasteiger partial charge in [0.05, 0.1) is 23.0 Å². The molecular formula is C14H11ClO3S. The number of carbonyl (C=O) groups excluding carboxylic acids is 1. The summed E-state index contributed by atoms with van der Waals surface area (Å²) in [5, 5.41) is 0.621. The van der Waals surface area contributed by atoms with Crippen LogP contribution in [0, 0.1) is 0 Å². The number of hydrogen-bond donors (Lipinski definition) is 0. The topological polar surface area (TPSA) is 35.5 Å². The van der Waals surface area contributed by atoms with Crippen LogP contribution in [-0.4, -0.2) is 19.0 Å². The highest BCUT2D eigenvalue weighted by molar-refractivity contribution is 7.14. The second-order valence-corrected chi connectivity index (χ2v) is 5.66. The van der Waals surface area contributed by atoms with Crippen LogP contribution in [0.2, 0.25) is 5.02 Å². The lowest BCUT2D eigenvalue weighted by atomic mass is 10.1. The summed E-state index contributed by atoms with van der Waals surface area (Å²) < 4.78 is 10.8. The molecule has 2 aromatic rings. The van der Waals surface area contributed by atoms with Gasteiger partial charge in [-0.1, -0.05) is 11.6 Å². The average molecular weight is 295 g/mol. The van der Waals surface area contributed by atoms with Crippen molar-refractivity contribution in [1.29, 1.82) is 0 Å². The summed E-state index contributed by atoms with van der Waals surface area (Å²) >= 11 is 7.22. The summed E-state index contributed by atoms with van der Waals surface area (Å²) in [6.07, 6.45) is -0.322. The zero-order valence-corrected chi connectivity index (χ0v) is 11.5. The third kappa shape index (κ3) is 2.72. The molecule has 0 N–H and O–H groups in total. The van der Waals surface area contributed by atoms with Crippen LogP contribution in [0.5, 0.6) is 0 Å². The van der Waals surface area contributed by atoms with Gasteiger partial charge >= 0.3 is 0 Å². The average Bonchev–Trinajstić information content (AvgIpc) is 3.10. The Morgan fingerprint density at radius 3 is 2.47 bits per heavy atom.